The Morgan fingerprint density at radius 1 is 1.23 bits per heavy atom. The van der Waals surface area contributed by atoms with Crippen LogP contribution in [0.25, 0.3) is 17.0 Å². The van der Waals surface area contributed by atoms with Gasteiger partial charge in [-0.2, -0.15) is 4.80 Å². The number of fused-ring (bicyclic) bond motifs is 1. The van der Waals surface area contributed by atoms with E-state index in [0.29, 0.717) is 29.3 Å². The first-order chi connectivity index (χ1) is 12.6. The van der Waals surface area contributed by atoms with Crippen LogP contribution in [0.15, 0.2) is 53.3 Å². The SMILES string of the molecule is COC(=O)c1cccn2cc(Cn3nnc(-c4ccc(Br)cc4)n3)nc12. The molecule has 4 rings (SSSR count). The molecule has 130 valence electrons. The van der Waals surface area contributed by atoms with E-state index < -0.39 is 5.97 Å². The maximum absolute atomic E-state index is 11.9. The van der Waals surface area contributed by atoms with Gasteiger partial charge in [-0.05, 0) is 41.6 Å². The van der Waals surface area contributed by atoms with Crippen molar-refractivity contribution < 1.29 is 9.53 Å². The molecule has 8 nitrogen and oxygen atoms in total. The van der Waals surface area contributed by atoms with Crippen LogP contribution < -0.4 is 0 Å². The third-order valence-corrected chi connectivity index (χ3v) is 4.33. The maximum atomic E-state index is 11.9. The van der Waals surface area contributed by atoms with Crippen LogP contribution in [0, 0.1) is 0 Å². The molecule has 0 unspecified atom stereocenters. The molecule has 3 heterocycles. The van der Waals surface area contributed by atoms with Crippen LogP contribution in [-0.4, -0.2) is 42.7 Å². The van der Waals surface area contributed by atoms with Gasteiger partial charge in [-0.25, -0.2) is 9.78 Å². The average molecular weight is 413 g/mol. The van der Waals surface area contributed by atoms with E-state index in [-0.39, 0.29) is 0 Å². The van der Waals surface area contributed by atoms with Gasteiger partial charge >= 0.3 is 5.97 Å². The number of methoxy groups -OCH3 is 1. The number of tetrazole rings is 1. The molecular weight excluding hydrogens is 400 g/mol. The monoisotopic (exact) mass is 412 g/mol. The van der Waals surface area contributed by atoms with Crippen LogP contribution in [0.3, 0.4) is 0 Å². The lowest BCUT2D eigenvalue weighted by molar-refractivity contribution is 0.0602. The highest BCUT2D eigenvalue weighted by Gasteiger charge is 2.14. The zero-order chi connectivity index (χ0) is 18.1. The molecular formula is C17H13BrN6O2. The Bertz CT molecular complexity index is 1090. The Hall–Kier alpha value is -3.07. The second kappa shape index (κ2) is 6.68. The van der Waals surface area contributed by atoms with Gasteiger partial charge in [0.25, 0.3) is 0 Å². The highest BCUT2D eigenvalue weighted by molar-refractivity contribution is 9.10. The van der Waals surface area contributed by atoms with Gasteiger partial charge in [0.15, 0.2) is 5.65 Å². The molecule has 0 fully saturated rings. The van der Waals surface area contributed by atoms with Crippen molar-refractivity contribution in [2.75, 3.05) is 7.11 Å². The Balaban J connectivity index is 1.62. The van der Waals surface area contributed by atoms with Gasteiger partial charge in [0.1, 0.15) is 12.1 Å². The summed E-state index contributed by atoms with van der Waals surface area (Å²) in [6, 6.07) is 11.1. The summed E-state index contributed by atoms with van der Waals surface area (Å²) in [4.78, 5) is 17.8. The number of rotatable bonds is 4. The van der Waals surface area contributed by atoms with Crippen LogP contribution in [0.2, 0.25) is 0 Å². The summed E-state index contributed by atoms with van der Waals surface area (Å²) >= 11 is 3.40. The van der Waals surface area contributed by atoms with Crippen molar-refractivity contribution in [3.63, 3.8) is 0 Å². The Morgan fingerprint density at radius 3 is 2.81 bits per heavy atom. The topological polar surface area (TPSA) is 87.2 Å². The van der Waals surface area contributed by atoms with Gasteiger partial charge < -0.3 is 9.14 Å². The zero-order valence-corrected chi connectivity index (χ0v) is 15.3. The summed E-state index contributed by atoms with van der Waals surface area (Å²) in [5.74, 6) is 0.112. The third-order valence-electron chi connectivity index (χ3n) is 3.80. The van der Waals surface area contributed by atoms with Crippen LogP contribution in [0.4, 0.5) is 0 Å². The third kappa shape index (κ3) is 3.08. The first kappa shape index (κ1) is 16.4. The summed E-state index contributed by atoms with van der Waals surface area (Å²) < 4.78 is 7.55. The number of ether oxygens (including phenoxy) is 1. The second-order valence-corrected chi connectivity index (χ2v) is 6.44. The Labute approximate surface area is 156 Å². The Morgan fingerprint density at radius 2 is 2.04 bits per heavy atom. The van der Waals surface area contributed by atoms with Crippen molar-refractivity contribution >= 4 is 27.5 Å². The van der Waals surface area contributed by atoms with E-state index in [2.05, 4.69) is 36.3 Å². The first-order valence-corrected chi connectivity index (χ1v) is 8.52. The summed E-state index contributed by atoms with van der Waals surface area (Å²) in [7, 11) is 1.35. The van der Waals surface area contributed by atoms with Crippen LogP contribution >= 0.6 is 15.9 Å². The number of nitrogens with zero attached hydrogens (tertiary/aromatic N) is 6. The molecule has 0 spiro atoms. The lowest BCUT2D eigenvalue weighted by Crippen LogP contribution is -2.05. The summed E-state index contributed by atoms with van der Waals surface area (Å²) in [5.41, 5.74) is 2.52. The van der Waals surface area contributed by atoms with Crippen molar-refractivity contribution in [2.45, 2.75) is 6.54 Å². The van der Waals surface area contributed by atoms with Crippen LogP contribution in [-0.2, 0) is 11.3 Å². The molecule has 0 aliphatic heterocycles. The molecule has 4 aromatic rings. The molecule has 0 aliphatic carbocycles. The van der Waals surface area contributed by atoms with Crippen molar-refractivity contribution in [3.8, 4) is 11.4 Å². The standard InChI is InChI=1S/C17H13BrN6O2/c1-26-17(25)14-3-2-8-23-9-13(19-16(14)23)10-24-21-15(20-22-24)11-4-6-12(18)7-5-11/h2-9H,10H2,1H3. The minimum atomic E-state index is -0.427. The molecule has 0 amide bonds. The highest BCUT2D eigenvalue weighted by Crippen LogP contribution is 2.18. The van der Waals surface area contributed by atoms with Crippen LogP contribution in [0.1, 0.15) is 16.1 Å². The molecule has 0 saturated carbocycles. The predicted octanol–water partition coefficient (Wildman–Crippen LogP) is 2.59. The van der Waals surface area contributed by atoms with Crippen molar-refractivity contribution in [2.24, 2.45) is 0 Å². The molecule has 1 aromatic carbocycles. The van der Waals surface area contributed by atoms with E-state index in [1.165, 1.54) is 11.9 Å². The van der Waals surface area contributed by atoms with E-state index in [0.717, 1.165) is 10.0 Å². The van der Waals surface area contributed by atoms with Crippen molar-refractivity contribution in [1.29, 1.82) is 0 Å². The summed E-state index contributed by atoms with van der Waals surface area (Å²) in [5, 5.41) is 12.5. The molecule has 0 bridgehead atoms. The minimum Gasteiger partial charge on any atom is -0.465 e. The van der Waals surface area contributed by atoms with Gasteiger partial charge in [0.2, 0.25) is 5.82 Å². The second-order valence-electron chi connectivity index (χ2n) is 5.53. The smallest absolute Gasteiger partial charge is 0.341 e. The predicted molar refractivity (Wildman–Crippen MR) is 96.6 cm³/mol. The van der Waals surface area contributed by atoms with Gasteiger partial charge in [-0.1, -0.05) is 15.9 Å². The van der Waals surface area contributed by atoms with Crippen molar-refractivity contribution in [1.82, 2.24) is 29.6 Å². The molecule has 0 aliphatic rings. The number of carbonyl (C=O) groups is 1. The van der Waals surface area contributed by atoms with E-state index in [1.807, 2.05) is 36.7 Å². The summed E-state index contributed by atoms with van der Waals surface area (Å²) in [6.07, 6.45) is 3.64. The number of carbonyl (C=O) groups excluding carboxylic acids is 1. The molecule has 0 N–H and O–H groups in total. The molecule has 0 atom stereocenters. The molecule has 9 heteroatoms. The summed E-state index contributed by atoms with van der Waals surface area (Å²) in [6.45, 7) is 0.339. The fourth-order valence-corrected chi connectivity index (χ4v) is 2.84. The van der Waals surface area contributed by atoms with E-state index in [9.17, 15) is 4.79 Å². The normalized spacial score (nSPS) is 11.0. The lowest BCUT2D eigenvalue weighted by Gasteiger charge is -2.00. The largest absolute Gasteiger partial charge is 0.465 e. The average Bonchev–Trinajstić information content (AvgIpc) is 3.28. The van der Waals surface area contributed by atoms with Gasteiger partial charge in [-0.3, -0.25) is 0 Å². The molecule has 0 radical (unpaired) electrons. The number of imidazole rings is 1. The number of esters is 1. The first-order valence-electron chi connectivity index (χ1n) is 7.73. The number of benzene rings is 1. The number of pyridine rings is 1. The lowest BCUT2D eigenvalue weighted by atomic mass is 10.2. The van der Waals surface area contributed by atoms with E-state index in [1.54, 1.807) is 16.5 Å². The molecule has 3 aromatic heterocycles. The molecule has 0 saturated heterocycles. The molecule has 26 heavy (non-hydrogen) atoms. The quantitative estimate of drug-likeness (QED) is 0.478. The van der Waals surface area contributed by atoms with Gasteiger partial charge in [0.05, 0.1) is 12.8 Å². The zero-order valence-electron chi connectivity index (χ0n) is 13.7. The van der Waals surface area contributed by atoms with E-state index >= 15 is 0 Å². The number of hydrogen-bond donors (Lipinski definition) is 0. The fourth-order valence-electron chi connectivity index (χ4n) is 2.58. The van der Waals surface area contributed by atoms with E-state index in [4.69, 9.17) is 4.74 Å². The van der Waals surface area contributed by atoms with Gasteiger partial charge in [0, 0.05) is 22.4 Å². The van der Waals surface area contributed by atoms with Crippen molar-refractivity contribution in [3.05, 3.63) is 64.5 Å². The maximum Gasteiger partial charge on any atom is 0.341 e. The fraction of sp³-hybridized carbons (Fsp3) is 0.118. The van der Waals surface area contributed by atoms with Crippen LogP contribution in [0.5, 0.6) is 0 Å². The number of aromatic nitrogens is 6. The minimum absolute atomic E-state index is 0.339. The number of halogens is 1. The highest BCUT2D eigenvalue weighted by atomic mass is 79.9. The van der Waals surface area contributed by atoms with Gasteiger partial charge in [-0.15, -0.1) is 10.2 Å². The number of hydrogen-bond acceptors (Lipinski definition) is 6. The Kier molecular flexibility index (Phi) is 4.21.